The van der Waals surface area contributed by atoms with E-state index in [0.717, 1.165) is 11.1 Å². The summed E-state index contributed by atoms with van der Waals surface area (Å²) in [5.41, 5.74) is 2.56. The molecule has 1 N–H and O–H groups in total. The van der Waals surface area contributed by atoms with Gasteiger partial charge in [-0.1, -0.05) is 47.5 Å². The third-order valence-electron chi connectivity index (χ3n) is 3.80. The summed E-state index contributed by atoms with van der Waals surface area (Å²) in [6.45, 7) is 1.07. The van der Waals surface area contributed by atoms with Gasteiger partial charge in [-0.15, -0.1) is 0 Å². The molecule has 0 spiro atoms. The van der Waals surface area contributed by atoms with Crippen molar-refractivity contribution in [3.05, 3.63) is 75.8 Å². The lowest BCUT2D eigenvalue weighted by atomic mass is 10.1. The van der Waals surface area contributed by atoms with Crippen molar-refractivity contribution in [2.45, 2.75) is 13.1 Å². The molecule has 1 aromatic carbocycles. The zero-order chi connectivity index (χ0) is 17.1. The maximum absolute atomic E-state index is 12.4. The van der Waals surface area contributed by atoms with Gasteiger partial charge in [-0.25, -0.2) is 0 Å². The normalized spacial score (nSPS) is 10.8. The van der Waals surface area contributed by atoms with Crippen molar-refractivity contribution in [3.8, 4) is 0 Å². The second-order valence-corrected chi connectivity index (χ2v) is 6.15. The lowest BCUT2D eigenvalue weighted by Gasteiger charge is -2.11. The fourth-order valence-corrected chi connectivity index (χ4v) is 2.85. The molecule has 2 aromatic heterocycles. The first kappa shape index (κ1) is 16.6. The van der Waals surface area contributed by atoms with Gasteiger partial charge in [0.25, 0.3) is 5.91 Å². The van der Waals surface area contributed by atoms with E-state index in [4.69, 9.17) is 23.2 Å². The van der Waals surface area contributed by atoms with Crippen molar-refractivity contribution in [3.63, 3.8) is 0 Å². The van der Waals surface area contributed by atoms with Crippen LogP contribution in [0.25, 0.3) is 0 Å². The van der Waals surface area contributed by atoms with Gasteiger partial charge in [0.2, 0.25) is 0 Å². The average Bonchev–Trinajstić information content (AvgIpc) is 3.18. The fourth-order valence-electron chi connectivity index (χ4n) is 2.48. The van der Waals surface area contributed by atoms with Crippen molar-refractivity contribution in [1.82, 2.24) is 19.7 Å². The molecule has 0 unspecified atom stereocenters. The number of nitrogens with zero attached hydrogens (tertiary/aromatic N) is 3. The minimum absolute atomic E-state index is 0.222. The number of hydrogen-bond acceptors (Lipinski definition) is 2. The van der Waals surface area contributed by atoms with E-state index in [1.54, 1.807) is 23.9 Å². The molecule has 0 aliphatic carbocycles. The zero-order valence-corrected chi connectivity index (χ0v) is 14.6. The molecule has 0 saturated heterocycles. The fraction of sp³-hybridized carbons (Fsp3) is 0.176. The van der Waals surface area contributed by atoms with E-state index >= 15 is 0 Å². The van der Waals surface area contributed by atoms with E-state index in [9.17, 15) is 4.79 Å². The highest BCUT2D eigenvalue weighted by molar-refractivity contribution is 6.41. The van der Waals surface area contributed by atoms with Gasteiger partial charge in [-0.2, -0.15) is 5.10 Å². The third kappa shape index (κ3) is 3.47. The second-order valence-electron chi connectivity index (χ2n) is 5.38. The van der Waals surface area contributed by atoms with Crippen LogP contribution in [0.5, 0.6) is 0 Å². The molecule has 7 heteroatoms. The van der Waals surface area contributed by atoms with Gasteiger partial charge in [-0.3, -0.25) is 9.48 Å². The summed E-state index contributed by atoms with van der Waals surface area (Å²) in [5.74, 6) is -0.222. The Balaban J connectivity index is 1.72. The highest BCUT2D eigenvalue weighted by Gasteiger charge is 2.15. The predicted molar refractivity (Wildman–Crippen MR) is 94.4 cm³/mol. The largest absolute Gasteiger partial charge is 0.347 e. The number of halogens is 2. The number of hydrogen-bond donors (Lipinski definition) is 1. The summed E-state index contributed by atoms with van der Waals surface area (Å²) in [7, 11) is 1.70. The quantitative estimate of drug-likeness (QED) is 0.754. The number of aromatic nitrogens is 3. The first-order valence-corrected chi connectivity index (χ1v) is 8.15. The number of amides is 1. The Labute approximate surface area is 149 Å². The van der Waals surface area contributed by atoms with E-state index in [1.807, 2.05) is 41.2 Å². The molecule has 1 amide bonds. The van der Waals surface area contributed by atoms with Gasteiger partial charge in [-0.05, 0) is 23.3 Å². The Kier molecular flexibility index (Phi) is 4.92. The summed E-state index contributed by atoms with van der Waals surface area (Å²) in [6.07, 6.45) is 3.65. The summed E-state index contributed by atoms with van der Waals surface area (Å²) in [6, 6.07) is 11.4. The van der Waals surface area contributed by atoms with Gasteiger partial charge < -0.3 is 9.88 Å². The molecular formula is C17H16Cl2N4O. The molecule has 3 aromatic rings. The number of nitrogens with one attached hydrogen (secondary N) is 1. The van der Waals surface area contributed by atoms with E-state index in [0.29, 0.717) is 29.0 Å². The average molecular weight is 363 g/mol. The Hall–Kier alpha value is -2.24. The van der Waals surface area contributed by atoms with Gasteiger partial charge in [0.15, 0.2) is 0 Å². The molecule has 0 radical (unpaired) electrons. The van der Waals surface area contributed by atoms with Gasteiger partial charge >= 0.3 is 0 Å². The maximum atomic E-state index is 12.4. The third-order valence-corrected chi connectivity index (χ3v) is 4.64. The monoisotopic (exact) mass is 362 g/mol. The molecule has 0 aliphatic heterocycles. The summed E-state index contributed by atoms with van der Waals surface area (Å²) in [4.78, 5) is 12.4. The summed E-state index contributed by atoms with van der Waals surface area (Å²) >= 11 is 12.0. The predicted octanol–water partition coefficient (Wildman–Crippen LogP) is 3.51. The molecule has 5 nitrogen and oxygen atoms in total. The van der Waals surface area contributed by atoms with E-state index < -0.39 is 0 Å². The van der Waals surface area contributed by atoms with Crippen LogP contribution in [0.15, 0.2) is 48.8 Å². The first-order chi connectivity index (χ1) is 11.6. The van der Waals surface area contributed by atoms with Gasteiger partial charge in [0, 0.05) is 26.0 Å². The summed E-state index contributed by atoms with van der Waals surface area (Å²) < 4.78 is 3.41. The van der Waals surface area contributed by atoms with Crippen molar-refractivity contribution in [2.75, 3.05) is 0 Å². The molecule has 0 bridgehead atoms. The van der Waals surface area contributed by atoms with Crippen molar-refractivity contribution in [1.29, 1.82) is 0 Å². The number of benzene rings is 1. The molecule has 24 heavy (non-hydrogen) atoms. The van der Waals surface area contributed by atoms with Crippen molar-refractivity contribution >= 4 is 29.1 Å². The first-order valence-electron chi connectivity index (χ1n) is 7.39. The van der Waals surface area contributed by atoms with Crippen LogP contribution in [0.4, 0.5) is 0 Å². The van der Waals surface area contributed by atoms with Crippen LogP contribution in [-0.4, -0.2) is 20.3 Å². The lowest BCUT2D eigenvalue weighted by Crippen LogP contribution is -2.25. The van der Waals surface area contributed by atoms with Crippen LogP contribution in [0.2, 0.25) is 10.2 Å². The highest BCUT2D eigenvalue weighted by Crippen LogP contribution is 2.25. The number of carbonyl (C=O) groups is 1. The van der Waals surface area contributed by atoms with Crippen LogP contribution in [0, 0.1) is 0 Å². The Morgan fingerprint density at radius 3 is 2.58 bits per heavy atom. The second kappa shape index (κ2) is 7.11. The van der Waals surface area contributed by atoms with Crippen molar-refractivity contribution < 1.29 is 4.79 Å². The lowest BCUT2D eigenvalue weighted by molar-refractivity contribution is 0.0942. The molecular weight excluding hydrogens is 347 g/mol. The topological polar surface area (TPSA) is 51.9 Å². The molecule has 0 atom stereocenters. The molecule has 3 rings (SSSR count). The van der Waals surface area contributed by atoms with Crippen molar-refractivity contribution in [2.24, 2.45) is 7.05 Å². The van der Waals surface area contributed by atoms with Gasteiger partial charge in [0.05, 0.1) is 11.6 Å². The minimum Gasteiger partial charge on any atom is -0.347 e. The van der Waals surface area contributed by atoms with E-state index in [-0.39, 0.29) is 5.91 Å². The van der Waals surface area contributed by atoms with Crippen LogP contribution >= 0.6 is 23.2 Å². The molecule has 0 saturated carbocycles. The Morgan fingerprint density at radius 2 is 1.96 bits per heavy atom. The smallest absolute Gasteiger partial charge is 0.268 e. The maximum Gasteiger partial charge on any atom is 0.268 e. The standard InChI is InChI=1S/C17H16Cl2N4O/c1-22-15(9-14(18)16(22)19)17(24)20-10-12-5-2-3-6-13(12)11-23-8-4-7-21-23/h2-9H,10-11H2,1H3,(H,20,24). The van der Waals surface area contributed by atoms with E-state index in [1.165, 1.54) is 0 Å². The van der Waals surface area contributed by atoms with Crippen LogP contribution in [-0.2, 0) is 20.1 Å². The Morgan fingerprint density at radius 1 is 1.21 bits per heavy atom. The molecule has 124 valence electrons. The number of carbonyl (C=O) groups excluding carboxylic acids is 1. The molecule has 0 fully saturated rings. The Bertz CT molecular complexity index is 856. The van der Waals surface area contributed by atoms with Crippen LogP contribution < -0.4 is 5.32 Å². The van der Waals surface area contributed by atoms with Gasteiger partial charge in [0.1, 0.15) is 10.8 Å². The van der Waals surface area contributed by atoms with Crippen LogP contribution in [0.3, 0.4) is 0 Å². The molecule has 2 heterocycles. The number of rotatable bonds is 5. The van der Waals surface area contributed by atoms with Crippen LogP contribution in [0.1, 0.15) is 21.6 Å². The van der Waals surface area contributed by atoms with E-state index in [2.05, 4.69) is 10.4 Å². The molecule has 0 aliphatic rings. The SMILES string of the molecule is Cn1c(C(=O)NCc2ccccc2Cn2cccn2)cc(Cl)c1Cl. The summed E-state index contributed by atoms with van der Waals surface area (Å²) in [5, 5.41) is 7.84. The zero-order valence-electron chi connectivity index (χ0n) is 13.0. The minimum atomic E-state index is -0.222. The highest BCUT2D eigenvalue weighted by atomic mass is 35.5.